The van der Waals surface area contributed by atoms with Crippen LogP contribution in [0.5, 0.6) is 0 Å². The molecule has 1 heterocycles. The van der Waals surface area contributed by atoms with Crippen molar-refractivity contribution in [1.82, 2.24) is 15.0 Å². The molecule has 4 nitrogen and oxygen atoms in total. The molecule has 1 rings (SSSR count). The van der Waals surface area contributed by atoms with Crippen LogP contribution in [0, 0.1) is 5.92 Å². The second kappa shape index (κ2) is 4.49. The quantitative estimate of drug-likeness (QED) is 0.545. The summed E-state index contributed by atoms with van der Waals surface area (Å²) in [6.45, 7) is 4.33. The number of rotatable bonds is 4. The zero-order valence-electron chi connectivity index (χ0n) is 7.32. The third-order valence-electron chi connectivity index (χ3n) is 1.63. The van der Waals surface area contributed by atoms with Gasteiger partial charge in [0.2, 0.25) is 0 Å². The number of aromatic nitrogens is 2. The van der Waals surface area contributed by atoms with Crippen LogP contribution in [0.1, 0.15) is 31.2 Å². The van der Waals surface area contributed by atoms with Crippen molar-refractivity contribution in [2.45, 2.75) is 26.3 Å². The lowest BCUT2D eigenvalue weighted by Gasteiger charge is -2.14. The van der Waals surface area contributed by atoms with E-state index in [2.05, 4.69) is 28.9 Å². The van der Waals surface area contributed by atoms with E-state index in [9.17, 15) is 0 Å². The molecule has 0 bridgehead atoms. The fourth-order valence-electron chi connectivity index (χ4n) is 1.07. The highest BCUT2D eigenvalue weighted by Crippen LogP contribution is 2.21. The lowest BCUT2D eigenvalue weighted by Crippen LogP contribution is -2.28. The molecule has 0 aliphatic carbocycles. The predicted octanol–water partition coefficient (Wildman–Crippen LogP) is 1.09. The molecule has 0 saturated carbocycles. The summed E-state index contributed by atoms with van der Waals surface area (Å²) in [4.78, 5) is 1.10. The average molecular weight is 186 g/mol. The maximum Gasteiger partial charge on any atom is 0.0669 e. The van der Waals surface area contributed by atoms with Crippen molar-refractivity contribution in [2.75, 3.05) is 0 Å². The number of nitrogens with zero attached hydrogens (tertiary/aromatic N) is 2. The highest BCUT2D eigenvalue weighted by atomic mass is 32.1. The summed E-state index contributed by atoms with van der Waals surface area (Å²) in [5.41, 5.74) is 2.77. The second-order valence-corrected chi connectivity index (χ2v) is 3.99. The van der Waals surface area contributed by atoms with E-state index >= 15 is 0 Å². The largest absolute Gasteiger partial charge is 0.271 e. The molecule has 1 aromatic heterocycles. The fourth-order valence-corrected chi connectivity index (χ4v) is 1.64. The first kappa shape index (κ1) is 9.57. The van der Waals surface area contributed by atoms with Gasteiger partial charge in [0.15, 0.2) is 0 Å². The Hall–Kier alpha value is -0.520. The summed E-state index contributed by atoms with van der Waals surface area (Å²) in [6, 6.07) is 0.199. The van der Waals surface area contributed by atoms with Crippen molar-refractivity contribution in [3.63, 3.8) is 0 Å². The maximum absolute atomic E-state index is 5.41. The van der Waals surface area contributed by atoms with Gasteiger partial charge in [0.05, 0.1) is 17.1 Å². The predicted molar refractivity (Wildman–Crippen MR) is 49.4 cm³/mol. The number of hydrogen-bond donors (Lipinski definition) is 2. The first-order valence-electron chi connectivity index (χ1n) is 3.97. The topological polar surface area (TPSA) is 63.8 Å². The van der Waals surface area contributed by atoms with Crippen LogP contribution in [0.2, 0.25) is 0 Å². The third-order valence-corrected chi connectivity index (χ3v) is 2.41. The van der Waals surface area contributed by atoms with Crippen LogP contribution in [-0.4, -0.2) is 9.59 Å². The van der Waals surface area contributed by atoms with Gasteiger partial charge in [-0.1, -0.05) is 18.3 Å². The minimum atomic E-state index is 0.199. The van der Waals surface area contributed by atoms with Gasteiger partial charge in [-0.2, -0.15) is 0 Å². The molecule has 1 aromatic rings. The zero-order valence-corrected chi connectivity index (χ0v) is 8.14. The Morgan fingerprint density at radius 2 is 2.42 bits per heavy atom. The van der Waals surface area contributed by atoms with Gasteiger partial charge in [0.25, 0.3) is 0 Å². The van der Waals surface area contributed by atoms with E-state index in [4.69, 9.17) is 5.84 Å². The van der Waals surface area contributed by atoms with Gasteiger partial charge in [-0.05, 0) is 23.9 Å². The van der Waals surface area contributed by atoms with Gasteiger partial charge < -0.3 is 0 Å². The van der Waals surface area contributed by atoms with Crippen molar-refractivity contribution in [3.8, 4) is 0 Å². The fraction of sp³-hybridized carbons (Fsp3) is 0.714. The van der Waals surface area contributed by atoms with Crippen molar-refractivity contribution in [2.24, 2.45) is 11.8 Å². The zero-order chi connectivity index (χ0) is 8.97. The summed E-state index contributed by atoms with van der Waals surface area (Å²) in [7, 11) is 0. The first-order valence-corrected chi connectivity index (χ1v) is 4.74. The van der Waals surface area contributed by atoms with Crippen molar-refractivity contribution in [1.29, 1.82) is 0 Å². The first-order chi connectivity index (χ1) is 5.74. The molecule has 0 amide bonds. The summed E-state index contributed by atoms with van der Waals surface area (Å²) in [5.74, 6) is 6.03. The second-order valence-electron chi connectivity index (χ2n) is 3.17. The highest BCUT2D eigenvalue weighted by Gasteiger charge is 2.13. The third kappa shape index (κ3) is 2.51. The molecule has 5 heteroatoms. The smallest absolute Gasteiger partial charge is 0.0669 e. The molecule has 0 aromatic carbocycles. The molecular formula is C7H14N4S. The number of nitrogens with two attached hydrogens (primary N) is 1. The maximum atomic E-state index is 5.41. The Bertz CT molecular complexity index is 209. The lowest BCUT2D eigenvalue weighted by molar-refractivity contribution is 0.443. The molecule has 0 aliphatic rings. The Morgan fingerprint density at radius 1 is 1.67 bits per heavy atom. The van der Waals surface area contributed by atoms with Gasteiger partial charge in [-0.3, -0.25) is 11.3 Å². The van der Waals surface area contributed by atoms with Gasteiger partial charge in [-0.15, -0.1) is 5.10 Å². The number of hydrazine groups is 1. The van der Waals surface area contributed by atoms with Crippen LogP contribution < -0.4 is 11.3 Å². The van der Waals surface area contributed by atoms with Crippen LogP contribution in [0.15, 0.2) is 6.20 Å². The molecular weight excluding hydrogens is 172 g/mol. The van der Waals surface area contributed by atoms with Gasteiger partial charge in [-0.25, -0.2) is 0 Å². The molecule has 0 radical (unpaired) electrons. The monoisotopic (exact) mass is 186 g/mol. The Morgan fingerprint density at radius 3 is 2.83 bits per heavy atom. The van der Waals surface area contributed by atoms with E-state index in [0.29, 0.717) is 5.92 Å². The van der Waals surface area contributed by atoms with Gasteiger partial charge in [0.1, 0.15) is 0 Å². The van der Waals surface area contributed by atoms with Crippen LogP contribution in [0.4, 0.5) is 0 Å². The average Bonchev–Trinajstić information content (AvgIpc) is 2.51. The Kier molecular flexibility index (Phi) is 3.58. The van der Waals surface area contributed by atoms with Crippen molar-refractivity contribution < 1.29 is 0 Å². The molecule has 1 unspecified atom stereocenters. The molecule has 0 spiro atoms. The molecule has 3 N–H and O–H groups in total. The van der Waals surface area contributed by atoms with Crippen molar-refractivity contribution in [3.05, 3.63) is 11.1 Å². The molecule has 0 aliphatic heterocycles. The van der Waals surface area contributed by atoms with Crippen LogP contribution in [-0.2, 0) is 0 Å². The van der Waals surface area contributed by atoms with Gasteiger partial charge in [0, 0.05) is 0 Å². The Labute approximate surface area is 76.3 Å². The van der Waals surface area contributed by atoms with E-state index in [1.54, 1.807) is 6.20 Å². The van der Waals surface area contributed by atoms with Crippen molar-refractivity contribution >= 4 is 11.5 Å². The minimum Gasteiger partial charge on any atom is -0.271 e. The Balaban J connectivity index is 2.57. The number of nitrogens with one attached hydrogen (secondary N) is 1. The summed E-state index contributed by atoms with van der Waals surface area (Å²) < 4.78 is 3.79. The molecule has 0 saturated heterocycles. The SMILES string of the molecule is CC(C)CC(NN)c1cnns1. The standard InChI is InChI=1S/C7H14N4S/c1-5(2)3-6(10-8)7-4-9-11-12-7/h4-6,10H,3,8H2,1-2H3. The van der Waals surface area contributed by atoms with E-state index < -0.39 is 0 Å². The van der Waals surface area contributed by atoms with Gasteiger partial charge >= 0.3 is 0 Å². The van der Waals surface area contributed by atoms with E-state index in [0.717, 1.165) is 11.3 Å². The van der Waals surface area contributed by atoms with E-state index in [-0.39, 0.29) is 6.04 Å². The summed E-state index contributed by atoms with van der Waals surface area (Å²) >= 11 is 1.39. The minimum absolute atomic E-state index is 0.199. The molecule has 0 fully saturated rings. The lowest BCUT2D eigenvalue weighted by atomic mass is 10.0. The van der Waals surface area contributed by atoms with Crippen LogP contribution in [0.25, 0.3) is 0 Å². The number of hydrogen-bond acceptors (Lipinski definition) is 5. The highest BCUT2D eigenvalue weighted by molar-refractivity contribution is 7.05. The van der Waals surface area contributed by atoms with Crippen LogP contribution >= 0.6 is 11.5 Å². The summed E-state index contributed by atoms with van der Waals surface area (Å²) in [6.07, 6.45) is 2.78. The normalized spacial score (nSPS) is 13.7. The van der Waals surface area contributed by atoms with Crippen LogP contribution in [0.3, 0.4) is 0 Å². The van der Waals surface area contributed by atoms with E-state index in [1.165, 1.54) is 11.5 Å². The molecule has 68 valence electrons. The summed E-state index contributed by atoms with van der Waals surface area (Å²) in [5, 5.41) is 3.77. The molecule has 1 atom stereocenters. The van der Waals surface area contributed by atoms with E-state index in [1.807, 2.05) is 0 Å². The molecule has 12 heavy (non-hydrogen) atoms.